The standard InChI is InChI=1S/C28H38N2O3/c1-27-14-7-10-21(27)19-11-12-24-28(2,22(19)13-15-27)16-20(26(33)30(24)3)25(32)29-17-23(31)18-8-5-4-6-9-18/h4-6,8-9,16,19,21-24,31H,7,10-15,17H2,1-3H3,(H,29,32)/t19-,21-,22+,23?,24?,27-,28+/m0/s1. The summed E-state index contributed by atoms with van der Waals surface area (Å²) in [7, 11) is 1.87. The first-order valence-electron chi connectivity index (χ1n) is 12.8. The van der Waals surface area contributed by atoms with Gasteiger partial charge in [0.05, 0.1) is 6.10 Å². The third-order valence-corrected chi connectivity index (χ3v) is 9.87. The molecule has 4 aliphatic rings. The number of hydrogen-bond acceptors (Lipinski definition) is 3. The van der Waals surface area contributed by atoms with Gasteiger partial charge in [-0.3, -0.25) is 9.59 Å². The van der Waals surface area contributed by atoms with Gasteiger partial charge in [0.25, 0.3) is 11.8 Å². The van der Waals surface area contributed by atoms with E-state index in [-0.39, 0.29) is 35.4 Å². The van der Waals surface area contributed by atoms with E-state index in [4.69, 9.17) is 0 Å². The minimum atomic E-state index is -0.798. The zero-order valence-electron chi connectivity index (χ0n) is 20.2. The maximum Gasteiger partial charge on any atom is 0.259 e. The molecule has 1 aromatic rings. The van der Waals surface area contributed by atoms with Gasteiger partial charge in [0.1, 0.15) is 5.57 Å². The van der Waals surface area contributed by atoms with Crippen LogP contribution in [0.15, 0.2) is 42.0 Å². The van der Waals surface area contributed by atoms with Gasteiger partial charge in [0, 0.05) is 25.0 Å². The normalized spacial score (nSPS) is 38.6. The lowest BCUT2D eigenvalue weighted by Gasteiger charge is -2.60. The summed E-state index contributed by atoms with van der Waals surface area (Å²) in [5, 5.41) is 13.3. The Bertz CT molecular complexity index is 959. The number of hydrogen-bond donors (Lipinski definition) is 2. The van der Waals surface area contributed by atoms with Crippen LogP contribution in [0, 0.1) is 28.6 Å². The number of aliphatic hydroxyl groups excluding tert-OH is 1. The van der Waals surface area contributed by atoms with E-state index >= 15 is 0 Å². The molecule has 1 aromatic carbocycles. The van der Waals surface area contributed by atoms with Gasteiger partial charge in [-0.2, -0.15) is 0 Å². The average Bonchev–Trinajstić information content (AvgIpc) is 3.22. The fourth-order valence-electron chi connectivity index (χ4n) is 8.12. The maximum absolute atomic E-state index is 13.2. The number of carbonyl (C=O) groups excluding carboxylic acids is 2. The molecule has 0 radical (unpaired) electrons. The highest BCUT2D eigenvalue weighted by Gasteiger charge is 2.59. The Hall–Kier alpha value is -2.14. The number of carbonyl (C=O) groups is 2. The lowest BCUT2D eigenvalue weighted by molar-refractivity contribution is -0.141. The van der Waals surface area contributed by atoms with Gasteiger partial charge in [-0.05, 0) is 67.3 Å². The summed E-state index contributed by atoms with van der Waals surface area (Å²) in [6.07, 6.45) is 9.92. The van der Waals surface area contributed by atoms with Crippen molar-refractivity contribution < 1.29 is 14.7 Å². The van der Waals surface area contributed by atoms with E-state index in [1.54, 1.807) is 0 Å². The molecule has 3 aliphatic carbocycles. The molecule has 2 amide bonds. The number of amides is 2. The summed E-state index contributed by atoms with van der Waals surface area (Å²) < 4.78 is 0. The van der Waals surface area contributed by atoms with Gasteiger partial charge < -0.3 is 15.3 Å². The molecule has 5 heteroatoms. The van der Waals surface area contributed by atoms with E-state index < -0.39 is 6.10 Å². The number of nitrogens with one attached hydrogen (secondary N) is 1. The highest BCUT2D eigenvalue weighted by atomic mass is 16.3. The van der Waals surface area contributed by atoms with Crippen LogP contribution >= 0.6 is 0 Å². The number of nitrogens with zero attached hydrogens (tertiary/aromatic N) is 1. The van der Waals surface area contributed by atoms with Crippen LogP contribution in [0.3, 0.4) is 0 Å². The van der Waals surface area contributed by atoms with Crippen molar-refractivity contribution in [2.45, 2.75) is 70.9 Å². The van der Waals surface area contributed by atoms with Crippen molar-refractivity contribution in [3.63, 3.8) is 0 Å². The molecular weight excluding hydrogens is 412 g/mol. The van der Waals surface area contributed by atoms with Crippen molar-refractivity contribution >= 4 is 11.8 Å². The van der Waals surface area contributed by atoms with Crippen molar-refractivity contribution in [1.82, 2.24) is 10.2 Å². The number of fused-ring (bicyclic) bond motifs is 5. The smallest absolute Gasteiger partial charge is 0.259 e. The summed E-state index contributed by atoms with van der Waals surface area (Å²) in [5.74, 6) is 1.42. The highest BCUT2D eigenvalue weighted by Crippen LogP contribution is 2.64. The van der Waals surface area contributed by atoms with Crippen LogP contribution < -0.4 is 5.32 Å². The van der Waals surface area contributed by atoms with Crippen molar-refractivity contribution in [2.24, 2.45) is 28.6 Å². The van der Waals surface area contributed by atoms with Gasteiger partial charge in [0.15, 0.2) is 0 Å². The molecule has 0 aromatic heterocycles. The van der Waals surface area contributed by atoms with Crippen molar-refractivity contribution in [1.29, 1.82) is 0 Å². The van der Waals surface area contributed by atoms with Gasteiger partial charge in [-0.15, -0.1) is 0 Å². The predicted molar refractivity (Wildman–Crippen MR) is 128 cm³/mol. The zero-order chi connectivity index (χ0) is 23.4. The Balaban J connectivity index is 1.38. The summed E-state index contributed by atoms with van der Waals surface area (Å²) in [5.41, 5.74) is 1.30. The zero-order valence-corrected chi connectivity index (χ0v) is 20.2. The van der Waals surface area contributed by atoms with E-state index in [9.17, 15) is 14.7 Å². The van der Waals surface area contributed by atoms with Crippen molar-refractivity contribution in [3.8, 4) is 0 Å². The van der Waals surface area contributed by atoms with Gasteiger partial charge in [-0.25, -0.2) is 0 Å². The monoisotopic (exact) mass is 450 g/mol. The minimum Gasteiger partial charge on any atom is -0.387 e. The van der Waals surface area contributed by atoms with Gasteiger partial charge in [0.2, 0.25) is 0 Å². The molecular formula is C28H38N2O3. The van der Waals surface area contributed by atoms with Crippen LogP contribution in [0.25, 0.3) is 0 Å². The van der Waals surface area contributed by atoms with Crippen LogP contribution in [0.4, 0.5) is 0 Å². The molecule has 0 bridgehead atoms. The Morgan fingerprint density at radius 2 is 1.88 bits per heavy atom. The molecule has 3 fully saturated rings. The van der Waals surface area contributed by atoms with Crippen LogP contribution in [0.2, 0.25) is 0 Å². The average molecular weight is 451 g/mol. The van der Waals surface area contributed by atoms with Crippen LogP contribution in [-0.4, -0.2) is 41.5 Å². The summed E-state index contributed by atoms with van der Waals surface area (Å²) in [6.45, 7) is 4.88. The predicted octanol–water partition coefficient (Wildman–Crippen LogP) is 4.24. The molecule has 7 atom stereocenters. The largest absolute Gasteiger partial charge is 0.387 e. The van der Waals surface area contributed by atoms with Gasteiger partial charge >= 0.3 is 0 Å². The third kappa shape index (κ3) is 3.63. The van der Waals surface area contributed by atoms with Crippen molar-refractivity contribution in [2.75, 3.05) is 13.6 Å². The molecule has 0 saturated heterocycles. The lowest BCUT2D eigenvalue weighted by atomic mass is 9.48. The first-order chi connectivity index (χ1) is 15.7. The number of rotatable bonds is 4. The lowest BCUT2D eigenvalue weighted by Crippen LogP contribution is -2.61. The molecule has 2 N–H and O–H groups in total. The quantitative estimate of drug-likeness (QED) is 0.675. The first kappa shape index (κ1) is 22.6. The second-order valence-corrected chi connectivity index (χ2v) is 11.5. The Labute approximate surface area is 197 Å². The molecule has 5 rings (SSSR count). The summed E-state index contributed by atoms with van der Waals surface area (Å²) >= 11 is 0. The van der Waals surface area contributed by atoms with E-state index in [2.05, 4.69) is 19.2 Å². The molecule has 1 aliphatic heterocycles. The van der Waals surface area contributed by atoms with Crippen LogP contribution in [0.1, 0.15) is 70.5 Å². The van der Waals surface area contributed by atoms with E-state index in [0.717, 1.165) is 17.9 Å². The van der Waals surface area contributed by atoms with Crippen molar-refractivity contribution in [3.05, 3.63) is 47.5 Å². The second kappa shape index (κ2) is 8.26. The molecule has 5 nitrogen and oxygen atoms in total. The molecule has 3 saturated carbocycles. The minimum absolute atomic E-state index is 0.0871. The fraction of sp³-hybridized carbons (Fsp3) is 0.643. The molecule has 0 spiro atoms. The van der Waals surface area contributed by atoms with Crippen LogP contribution in [-0.2, 0) is 9.59 Å². The Kier molecular flexibility index (Phi) is 5.67. The topological polar surface area (TPSA) is 69.6 Å². The SMILES string of the molecule is CN1C(=O)C(C(=O)NCC(O)c2ccccc2)=C[C@@]2(C)C1CC[C@@H]1[C@H]2CC[C@]2(C)CCC[C@@H]12. The first-order valence-corrected chi connectivity index (χ1v) is 12.8. The summed E-state index contributed by atoms with van der Waals surface area (Å²) in [4.78, 5) is 28.2. The number of likely N-dealkylation sites (N-methyl/N-ethyl adjacent to an activating group) is 1. The van der Waals surface area contributed by atoms with Crippen LogP contribution in [0.5, 0.6) is 0 Å². The number of aliphatic hydroxyl groups is 1. The summed E-state index contributed by atoms with van der Waals surface area (Å²) in [6, 6.07) is 9.45. The Morgan fingerprint density at radius 3 is 2.64 bits per heavy atom. The molecule has 33 heavy (non-hydrogen) atoms. The van der Waals surface area contributed by atoms with Gasteiger partial charge in [-0.1, -0.05) is 56.7 Å². The Morgan fingerprint density at radius 1 is 1.12 bits per heavy atom. The van der Waals surface area contributed by atoms with E-state index in [1.807, 2.05) is 48.4 Å². The fourth-order valence-corrected chi connectivity index (χ4v) is 8.12. The number of benzene rings is 1. The third-order valence-electron chi connectivity index (χ3n) is 9.87. The van der Waals surface area contributed by atoms with E-state index in [0.29, 0.717) is 17.3 Å². The highest BCUT2D eigenvalue weighted by molar-refractivity contribution is 6.19. The molecule has 2 unspecified atom stereocenters. The second-order valence-electron chi connectivity index (χ2n) is 11.5. The van der Waals surface area contributed by atoms with E-state index in [1.165, 1.54) is 38.5 Å². The molecule has 1 heterocycles. The maximum atomic E-state index is 13.2. The molecule has 178 valence electrons.